The van der Waals surface area contributed by atoms with Gasteiger partial charge >= 0.3 is 0 Å². The summed E-state index contributed by atoms with van der Waals surface area (Å²) < 4.78 is 19.3. The van der Waals surface area contributed by atoms with Crippen molar-refractivity contribution in [3.63, 3.8) is 0 Å². The second-order valence-electron chi connectivity index (χ2n) is 7.53. The zero-order chi connectivity index (χ0) is 20.5. The number of rotatable bonds is 3. The van der Waals surface area contributed by atoms with Crippen LogP contribution in [-0.2, 0) is 4.74 Å². The van der Waals surface area contributed by atoms with Crippen LogP contribution in [0.25, 0.3) is 33.2 Å². The van der Waals surface area contributed by atoms with Gasteiger partial charge in [0, 0.05) is 42.0 Å². The van der Waals surface area contributed by atoms with Gasteiger partial charge in [0.15, 0.2) is 0 Å². The van der Waals surface area contributed by atoms with E-state index in [1.54, 1.807) is 19.2 Å². The molecule has 0 unspecified atom stereocenters. The maximum absolute atomic E-state index is 13.8. The first-order chi connectivity index (χ1) is 14.7. The lowest BCUT2D eigenvalue weighted by Crippen LogP contribution is -2.36. The van der Waals surface area contributed by atoms with Crippen LogP contribution in [0.5, 0.6) is 0 Å². The van der Waals surface area contributed by atoms with Gasteiger partial charge in [-0.15, -0.1) is 0 Å². The summed E-state index contributed by atoms with van der Waals surface area (Å²) in [5, 5.41) is 2.26. The first-order valence-electron chi connectivity index (χ1n) is 10.1. The third kappa shape index (κ3) is 3.42. The molecular formula is C25H22FN3O. The number of fused-ring (bicyclic) bond motifs is 1. The summed E-state index contributed by atoms with van der Waals surface area (Å²) in [6.45, 7) is 4.88. The molecule has 4 aromatic rings. The lowest BCUT2D eigenvalue weighted by atomic mass is 9.96. The van der Waals surface area contributed by atoms with Gasteiger partial charge in [-0.25, -0.2) is 9.37 Å². The highest BCUT2D eigenvalue weighted by Gasteiger charge is 2.17. The minimum Gasteiger partial charge on any atom is -0.378 e. The van der Waals surface area contributed by atoms with Crippen molar-refractivity contribution in [2.75, 3.05) is 31.2 Å². The van der Waals surface area contributed by atoms with Crippen molar-refractivity contribution in [3.8, 4) is 22.4 Å². The van der Waals surface area contributed by atoms with Crippen molar-refractivity contribution >= 4 is 16.6 Å². The van der Waals surface area contributed by atoms with Gasteiger partial charge in [-0.1, -0.05) is 18.2 Å². The van der Waals surface area contributed by atoms with Crippen LogP contribution in [0.4, 0.5) is 10.2 Å². The number of benzene rings is 2. The van der Waals surface area contributed by atoms with Gasteiger partial charge in [0.25, 0.3) is 0 Å². The molecule has 4 nitrogen and oxygen atoms in total. The Kier molecular flexibility index (Phi) is 4.89. The lowest BCUT2D eigenvalue weighted by Gasteiger charge is -2.28. The van der Waals surface area contributed by atoms with Gasteiger partial charge in [0.05, 0.1) is 18.9 Å². The topological polar surface area (TPSA) is 38.2 Å². The van der Waals surface area contributed by atoms with Crippen LogP contribution in [0.15, 0.2) is 67.0 Å². The van der Waals surface area contributed by atoms with Crippen molar-refractivity contribution < 1.29 is 9.13 Å². The molecular weight excluding hydrogens is 377 g/mol. The van der Waals surface area contributed by atoms with Gasteiger partial charge in [-0.3, -0.25) is 4.98 Å². The van der Waals surface area contributed by atoms with E-state index in [1.165, 1.54) is 6.07 Å². The summed E-state index contributed by atoms with van der Waals surface area (Å²) >= 11 is 0. The van der Waals surface area contributed by atoms with E-state index in [4.69, 9.17) is 4.74 Å². The monoisotopic (exact) mass is 399 g/mol. The Bertz CT molecular complexity index is 1220. The van der Waals surface area contributed by atoms with Crippen LogP contribution < -0.4 is 4.90 Å². The van der Waals surface area contributed by atoms with Gasteiger partial charge in [0.1, 0.15) is 11.6 Å². The predicted octanol–water partition coefficient (Wildman–Crippen LogP) is 5.25. The average Bonchev–Trinajstić information content (AvgIpc) is 2.81. The van der Waals surface area contributed by atoms with Crippen LogP contribution in [-0.4, -0.2) is 36.3 Å². The standard InChI is InChI=1S/C25H22FN3O/c1-17-15-20(6-7-23(17)26)24-21(3-2-9-27-24)19-5-4-18-8-10-28-25(22(18)16-19)29-11-13-30-14-12-29/h2-10,15-16H,11-14H2,1H3. The summed E-state index contributed by atoms with van der Waals surface area (Å²) in [7, 11) is 0. The quantitative estimate of drug-likeness (QED) is 0.472. The zero-order valence-corrected chi connectivity index (χ0v) is 16.8. The van der Waals surface area contributed by atoms with E-state index in [2.05, 4.69) is 39.1 Å². The van der Waals surface area contributed by atoms with Crippen molar-refractivity contribution in [2.45, 2.75) is 6.92 Å². The Morgan fingerprint density at radius 3 is 2.57 bits per heavy atom. The van der Waals surface area contributed by atoms with Crippen LogP contribution in [0.2, 0.25) is 0 Å². The van der Waals surface area contributed by atoms with E-state index in [0.29, 0.717) is 18.8 Å². The molecule has 1 fully saturated rings. The van der Waals surface area contributed by atoms with E-state index in [1.807, 2.05) is 24.4 Å². The Hall–Kier alpha value is -3.31. The molecule has 1 saturated heterocycles. The molecule has 3 heterocycles. The van der Waals surface area contributed by atoms with Crippen LogP contribution in [0.1, 0.15) is 5.56 Å². The molecule has 0 spiro atoms. The maximum atomic E-state index is 13.8. The predicted molar refractivity (Wildman–Crippen MR) is 118 cm³/mol. The number of anilines is 1. The summed E-state index contributed by atoms with van der Waals surface area (Å²) in [4.78, 5) is 11.6. The fourth-order valence-corrected chi connectivity index (χ4v) is 4.01. The van der Waals surface area contributed by atoms with Gasteiger partial charge in [-0.05, 0) is 59.8 Å². The second-order valence-corrected chi connectivity index (χ2v) is 7.53. The normalized spacial score (nSPS) is 14.3. The SMILES string of the molecule is Cc1cc(-c2ncccc2-c2ccc3ccnc(N4CCOCC4)c3c2)ccc1F. The molecule has 2 aromatic carbocycles. The number of halogens is 1. The van der Waals surface area contributed by atoms with E-state index in [0.717, 1.165) is 52.1 Å². The van der Waals surface area contributed by atoms with Crippen molar-refractivity contribution in [3.05, 3.63) is 78.4 Å². The van der Waals surface area contributed by atoms with Gasteiger partial charge < -0.3 is 9.64 Å². The van der Waals surface area contributed by atoms with E-state index in [-0.39, 0.29) is 5.82 Å². The smallest absolute Gasteiger partial charge is 0.136 e. The molecule has 0 saturated carbocycles. The Labute approximate surface area is 175 Å². The largest absolute Gasteiger partial charge is 0.378 e. The van der Waals surface area contributed by atoms with Gasteiger partial charge in [-0.2, -0.15) is 0 Å². The molecule has 0 radical (unpaired) electrons. The molecule has 30 heavy (non-hydrogen) atoms. The van der Waals surface area contributed by atoms with E-state index >= 15 is 0 Å². The number of nitrogens with zero attached hydrogens (tertiary/aromatic N) is 3. The fourth-order valence-electron chi connectivity index (χ4n) is 4.01. The Morgan fingerprint density at radius 1 is 0.900 bits per heavy atom. The third-order valence-corrected chi connectivity index (χ3v) is 5.61. The Balaban J connectivity index is 1.64. The van der Waals surface area contributed by atoms with Crippen LogP contribution in [0.3, 0.4) is 0 Å². The third-order valence-electron chi connectivity index (χ3n) is 5.61. The molecule has 1 aliphatic rings. The van der Waals surface area contributed by atoms with Crippen LogP contribution >= 0.6 is 0 Å². The van der Waals surface area contributed by atoms with E-state index < -0.39 is 0 Å². The summed E-state index contributed by atoms with van der Waals surface area (Å²) in [5.74, 6) is 0.781. The van der Waals surface area contributed by atoms with Gasteiger partial charge in [0.2, 0.25) is 0 Å². The highest BCUT2D eigenvalue weighted by atomic mass is 19.1. The number of hydrogen-bond acceptors (Lipinski definition) is 4. The number of aryl methyl sites for hydroxylation is 1. The molecule has 150 valence electrons. The maximum Gasteiger partial charge on any atom is 0.136 e. The lowest BCUT2D eigenvalue weighted by molar-refractivity contribution is 0.122. The highest BCUT2D eigenvalue weighted by Crippen LogP contribution is 2.34. The molecule has 0 N–H and O–H groups in total. The molecule has 0 amide bonds. The molecule has 1 aliphatic heterocycles. The van der Waals surface area contributed by atoms with Crippen LogP contribution in [0, 0.1) is 12.7 Å². The molecule has 5 rings (SSSR count). The van der Waals surface area contributed by atoms with E-state index in [9.17, 15) is 4.39 Å². The first-order valence-corrected chi connectivity index (χ1v) is 10.1. The molecule has 0 aliphatic carbocycles. The summed E-state index contributed by atoms with van der Waals surface area (Å²) in [6.07, 6.45) is 3.64. The zero-order valence-electron chi connectivity index (χ0n) is 16.8. The molecule has 0 bridgehead atoms. The number of morpholine rings is 1. The minimum absolute atomic E-state index is 0.205. The number of hydrogen-bond donors (Lipinski definition) is 0. The average molecular weight is 399 g/mol. The molecule has 0 atom stereocenters. The number of ether oxygens (including phenoxy) is 1. The summed E-state index contributed by atoms with van der Waals surface area (Å²) in [5.41, 5.74) is 4.44. The van der Waals surface area contributed by atoms with Crippen molar-refractivity contribution in [2.24, 2.45) is 0 Å². The van der Waals surface area contributed by atoms with Crippen molar-refractivity contribution in [1.29, 1.82) is 0 Å². The molecule has 5 heteroatoms. The summed E-state index contributed by atoms with van der Waals surface area (Å²) in [6, 6.07) is 17.6. The highest BCUT2D eigenvalue weighted by molar-refractivity contribution is 5.96. The second kappa shape index (κ2) is 7.84. The van der Waals surface area contributed by atoms with Crippen molar-refractivity contribution in [1.82, 2.24) is 9.97 Å². The fraction of sp³-hybridized carbons (Fsp3) is 0.200. The first kappa shape index (κ1) is 18.7. The number of aromatic nitrogens is 2. The Morgan fingerprint density at radius 2 is 1.73 bits per heavy atom. The molecule has 2 aromatic heterocycles. The number of pyridine rings is 2. The minimum atomic E-state index is -0.205.